The van der Waals surface area contributed by atoms with Crippen LogP contribution in [0.15, 0.2) is 42.5 Å². The van der Waals surface area contributed by atoms with Gasteiger partial charge in [0.1, 0.15) is 5.75 Å². The first-order valence-corrected chi connectivity index (χ1v) is 7.66. The molecule has 0 N–H and O–H groups in total. The molecule has 22 heavy (non-hydrogen) atoms. The molecule has 0 radical (unpaired) electrons. The van der Waals surface area contributed by atoms with E-state index in [1.165, 1.54) is 0 Å². The number of amides is 1. The Kier molecular flexibility index (Phi) is 4.08. The van der Waals surface area contributed by atoms with Gasteiger partial charge in [0.2, 0.25) is 5.91 Å². The molecule has 1 amide bonds. The molecule has 114 valence electrons. The second-order valence-electron chi connectivity index (χ2n) is 5.54. The Morgan fingerprint density at radius 2 is 1.95 bits per heavy atom. The van der Waals surface area contributed by atoms with E-state index in [0.29, 0.717) is 17.3 Å². The highest BCUT2D eigenvalue weighted by molar-refractivity contribution is 6.32. The maximum Gasteiger partial charge on any atom is 0.234 e. The first-order chi connectivity index (χ1) is 10.6. The fourth-order valence-corrected chi connectivity index (χ4v) is 3.23. The van der Waals surface area contributed by atoms with Gasteiger partial charge in [-0.15, -0.1) is 0 Å². The maximum atomic E-state index is 12.8. The summed E-state index contributed by atoms with van der Waals surface area (Å²) >= 11 is 6.26. The SMILES string of the molecule is COc1cc2c(cc1Cl)CCN(C)C(=O)[C@H]2c1ccccc1. The zero-order chi connectivity index (χ0) is 15.7. The van der Waals surface area contributed by atoms with Crippen LogP contribution in [-0.2, 0) is 11.2 Å². The maximum absolute atomic E-state index is 12.8. The number of hydrogen-bond acceptors (Lipinski definition) is 2. The van der Waals surface area contributed by atoms with E-state index >= 15 is 0 Å². The van der Waals surface area contributed by atoms with Crippen LogP contribution in [0.4, 0.5) is 0 Å². The third-order valence-corrected chi connectivity index (χ3v) is 4.49. The lowest BCUT2D eigenvalue weighted by molar-refractivity contribution is -0.130. The van der Waals surface area contributed by atoms with Crippen molar-refractivity contribution in [2.75, 3.05) is 20.7 Å². The van der Waals surface area contributed by atoms with Crippen molar-refractivity contribution < 1.29 is 9.53 Å². The first kappa shape index (κ1) is 14.9. The van der Waals surface area contributed by atoms with Crippen LogP contribution in [0, 0.1) is 0 Å². The summed E-state index contributed by atoms with van der Waals surface area (Å²) in [5.74, 6) is 0.405. The van der Waals surface area contributed by atoms with Crippen LogP contribution in [0.5, 0.6) is 5.75 Å². The summed E-state index contributed by atoms with van der Waals surface area (Å²) < 4.78 is 5.34. The molecule has 2 aromatic rings. The summed E-state index contributed by atoms with van der Waals surface area (Å²) in [4.78, 5) is 14.6. The predicted molar refractivity (Wildman–Crippen MR) is 87.6 cm³/mol. The highest BCUT2D eigenvalue weighted by Crippen LogP contribution is 2.37. The number of rotatable bonds is 2. The topological polar surface area (TPSA) is 29.5 Å². The zero-order valence-electron chi connectivity index (χ0n) is 12.7. The molecule has 0 aromatic heterocycles. The van der Waals surface area contributed by atoms with Crippen LogP contribution >= 0.6 is 11.6 Å². The molecular weight excluding hydrogens is 298 g/mol. The highest BCUT2D eigenvalue weighted by Gasteiger charge is 2.31. The molecule has 4 heteroatoms. The van der Waals surface area contributed by atoms with Gasteiger partial charge in [0.05, 0.1) is 18.1 Å². The van der Waals surface area contributed by atoms with Gasteiger partial charge in [-0.1, -0.05) is 41.9 Å². The number of nitrogens with zero attached hydrogens (tertiary/aromatic N) is 1. The molecule has 0 aliphatic carbocycles. The third kappa shape index (κ3) is 2.57. The van der Waals surface area contributed by atoms with Crippen molar-refractivity contribution in [3.05, 3.63) is 64.2 Å². The van der Waals surface area contributed by atoms with Crippen LogP contribution in [0.1, 0.15) is 22.6 Å². The van der Waals surface area contributed by atoms with Gasteiger partial charge >= 0.3 is 0 Å². The molecule has 0 unspecified atom stereocenters. The largest absolute Gasteiger partial charge is 0.495 e. The fraction of sp³-hybridized carbons (Fsp3) is 0.278. The molecule has 1 aliphatic heterocycles. The minimum Gasteiger partial charge on any atom is -0.495 e. The number of halogens is 1. The summed E-state index contributed by atoms with van der Waals surface area (Å²) in [5.41, 5.74) is 3.09. The standard InChI is InChI=1S/C18H18ClNO2/c1-20-9-8-13-10-15(19)16(22-2)11-14(13)17(18(20)21)12-6-4-3-5-7-12/h3-7,10-11,17H,8-9H2,1-2H3/t17-/m0/s1. The Balaban J connectivity index is 2.20. The van der Waals surface area contributed by atoms with E-state index in [0.717, 1.165) is 23.1 Å². The number of hydrogen-bond donors (Lipinski definition) is 0. The summed E-state index contributed by atoms with van der Waals surface area (Å²) in [6.07, 6.45) is 0.796. The monoisotopic (exact) mass is 315 g/mol. The van der Waals surface area contributed by atoms with E-state index in [1.54, 1.807) is 12.0 Å². The van der Waals surface area contributed by atoms with Crippen LogP contribution in [0.3, 0.4) is 0 Å². The quantitative estimate of drug-likeness (QED) is 0.849. The van der Waals surface area contributed by atoms with E-state index in [2.05, 4.69) is 0 Å². The Morgan fingerprint density at radius 3 is 2.64 bits per heavy atom. The van der Waals surface area contributed by atoms with E-state index < -0.39 is 0 Å². The molecule has 1 aliphatic rings. The molecule has 0 spiro atoms. The van der Waals surface area contributed by atoms with Crippen molar-refractivity contribution in [3.63, 3.8) is 0 Å². The summed E-state index contributed by atoms with van der Waals surface area (Å²) in [6.45, 7) is 0.692. The van der Waals surface area contributed by atoms with Crippen LogP contribution < -0.4 is 4.74 Å². The Morgan fingerprint density at radius 1 is 1.23 bits per heavy atom. The van der Waals surface area contributed by atoms with Gasteiger partial charge in [-0.05, 0) is 35.2 Å². The molecule has 2 aromatic carbocycles. The number of likely N-dealkylation sites (N-methyl/N-ethyl adjacent to an activating group) is 1. The Bertz CT molecular complexity index is 700. The number of benzene rings is 2. The van der Waals surface area contributed by atoms with Gasteiger partial charge in [-0.2, -0.15) is 0 Å². The first-order valence-electron chi connectivity index (χ1n) is 7.28. The number of carbonyl (C=O) groups is 1. The van der Waals surface area contributed by atoms with Crippen LogP contribution in [-0.4, -0.2) is 31.5 Å². The third-order valence-electron chi connectivity index (χ3n) is 4.20. The second-order valence-corrected chi connectivity index (χ2v) is 5.95. The molecule has 1 heterocycles. The number of ether oxygens (including phenoxy) is 1. The smallest absolute Gasteiger partial charge is 0.234 e. The van der Waals surface area contributed by atoms with Crippen molar-refractivity contribution in [2.45, 2.75) is 12.3 Å². The molecule has 0 saturated heterocycles. The van der Waals surface area contributed by atoms with Gasteiger partial charge in [-0.25, -0.2) is 0 Å². The van der Waals surface area contributed by atoms with Crippen molar-refractivity contribution in [1.82, 2.24) is 4.90 Å². The van der Waals surface area contributed by atoms with Crippen molar-refractivity contribution in [3.8, 4) is 5.75 Å². The Hall–Kier alpha value is -2.00. The minimum atomic E-state index is -0.310. The highest BCUT2D eigenvalue weighted by atomic mass is 35.5. The fourth-order valence-electron chi connectivity index (χ4n) is 2.97. The minimum absolute atomic E-state index is 0.106. The lowest BCUT2D eigenvalue weighted by Crippen LogP contribution is -2.31. The summed E-state index contributed by atoms with van der Waals surface area (Å²) in [6, 6.07) is 13.7. The lowest BCUT2D eigenvalue weighted by atomic mass is 9.87. The second kappa shape index (κ2) is 6.01. The average molecular weight is 316 g/mol. The summed E-state index contributed by atoms with van der Waals surface area (Å²) in [7, 11) is 3.44. The predicted octanol–water partition coefficient (Wildman–Crippen LogP) is 3.50. The van der Waals surface area contributed by atoms with Crippen molar-refractivity contribution >= 4 is 17.5 Å². The lowest BCUT2D eigenvalue weighted by Gasteiger charge is -2.22. The van der Waals surface area contributed by atoms with Gasteiger partial charge < -0.3 is 9.64 Å². The van der Waals surface area contributed by atoms with E-state index in [9.17, 15) is 4.79 Å². The van der Waals surface area contributed by atoms with E-state index in [1.807, 2.05) is 49.5 Å². The zero-order valence-corrected chi connectivity index (χ0v) is 13.4. The molecule has 0 bridgehead atoms. The van der Waals surface area contributed by atoms with Crippen molar-refractivity contribution in [1.29, 1.82) is 0 Å². The molecular formula is C18H18ClNO2. The normalized spacial score (nSPS) is 17.9. The van der Waals surface area contributed by atoms with Gasteiger partial charge in [0.15, 0.2) is 0 Å². The summed E-state index contributed by atoms with van der Waals surface area (Å²) in [5, 5.41) is 0.588. The molecule has 0 saturated carbocycles. The van der Waals surface area contributed by atoms with E-state index in [-0.39, 0.29) is 11.8 Å². The van der Waals surface area contributed by atoms with Gasteiger partial charge in [0, 0.05) is 13.6 Å². The molecule has 3 rings (SSSR count). The van der Waals surface area contributed by atoms with Crippen LogP contribution in [0.25, 0.3) is 0 Å². The van der Waals surface area contributed by atoms with Crippen molar-refractivity contribution in [2.24, 2.45) is 0 Å². The van der Waals surface area contributed by atoms with E-state index in [4.69, 9.17) is 16.3 Å². The average Bonchev–Trinajstić information content (AvgIpc) is 2.65. The molecule has 0 fully saturated rings. The van der Waals surface area contributed by atoms with Gasteiger partial charge in [0.25, 0.3) is 0 Å². The number of methoxy groups -OCH3 is 1. The molecule has 1 atom stereocenters. The number of fused-ring (bicyclic) bond motifs is 1. The molecule has 3 nitrogen and oxygen atoms in total. The Labute approximate surface area is 135 Å². The van der Waals surface area contributed by atoms with Gasteiger partial charge in [-0.3, -0.25) is 4.79 Å². The number of carbonyl (C=O) groups excluding carboxylic acids is 1. The van der Waals surface area contributed by atoms with Crippen LogP contribution in [0.2, 0.25) is 5.02 Å².